The van der Waals surface area contributed by atoms with E-state index in [1.54, 1.807) is 0 Å². The molecule has 20 heavy (non-hydrogen) atoms. The lowest BCUT2D eigenvalue weighted by Gasteiger charge is -2.17. The SMILES string of the molecule is O=C(Nc1ccc2c(c1)OC(F)(F)O2)[C@H]1CC=CCC1. The zero-order valence-electron chi connectivity index (χ0n) is 10.6. The molecule has 1 atom stereocenters. The molecule has 0 radical (unpaired) electrons. The zero-order valence-corrected chi connectivity index (χ0v) is 10.6. The lowest BCUT2D eigenvalue weighted by Crippen LogP contribution is -2.26. The van der Waals surface area contributed by atoms with Crippen LogP contribution in [0, 0.1) is 5.92 Å². The molecular weight excluding hydrogens is 268 g/mol. The molecular formula is C14H13F2NO3. The number of anilines is 1. The predicted octanol–water partition coefficient (Wildman–Crippen LogP) is 3.30. The van der Waals surface area contributed by atoms with Crippen molar-refractivity contribution in [2.24, 2.45) is 5.92 Å². The average molecular weight is 281 g/mol. The van der Waals surface area contributed by atoms with Gasteiger partial charge in [-0.1, -0.05) is 12.2 Å². The number of halogens is 2. The Morgan fingerprint density at radius 2 is 2.05 bits per heavy atom. The smallest absolute Gasteiger partial charge is 0.395 e. The van der Waals surface area contributed by atoms with E-state index in [4.69, 9.17) is 0 Å². The first-order valence-corrected chi connectivity index (χ1v) is 6.39. The fourth-order valence-electron chi connectivity index (χ4n) is 2.30. The summed E-state index contributed by atoms with van der Waals surface area (Å²) in [6.07, 6.45) is 2.77. The maximum atomic E-state index is 12.9. The summed E-state index contributed by atoms with van der Waals surface area (Å²) in [4.78, 5) is 12.0. The third-order valence-corrected chi connectivity index (χ3v) is 3.31. The Labute approximate surface area is 114 Å². The molecule has 0 unspecified atom stereocenters. The Morgan fingerprint density at radius 3 is 2.80 bits per heavy atom. The number of amides is 1. The normalized spacial score (nSPS) is 22.6. The van der Waals surface area contributed by atoms with E-state index in [9.17, 15) is 13.6 Å². The number of carbonyl (C=O) groups is 1. The first-order valence-electron chi connectivity index (χ1n) is 6.39. The van der Waals surface area contributed by atoms with Crippen LogP contribution in [0.1, 0.15) is 19.3 Å². The van der Waals surface area contributed by atoms with Crippen LogP contribution in [-0.4, -0.2) is 12.2 Å². The number of hydrogen-bond donors (Lipinski definition) is 1. The summed E-state index contributed by atoms with van der Waals surface area (Å²) in [5.41, 5.74) is 0.421. The predicted molar refractivity (Wildman–Crippen MR) is 67.8 cm³/mol. The third kappa shape index (κ3) is 2.59. The highest BCUT2D eigenvalue weighted by Crippen LogP contribution is 2.42. The highest BCUT2D eigenvalue weighted by molar-refractivity contribution is 5.93. The largest absolute Gasteiger partial charge is 0.586 e. The van der Waals surface area contributed by atoms with Crippen molar-refractivity contribution in [2.45, 2.75) is 25.6 Å². The van der Waals surface area contributed by atoms with Gasteiger partial charge in [-0.05, 0) is 31.4 Å². The number of ether oxygens (including phenoxy) is 2. The molecule has 0 spiro atoms. The molecule has 1 aliphatic carbocycles. The van der Waals surface area contributed by atoms with Crippen molar-refractivity contribution < 1.29 is 23.0 Å². The molecule has 6 heteroatoms. The number of alkyl halides is 2. The zero-order chi connectivity index (χ0) is 14.2. The van der Waals surface area contributed by atoms with E-state index in [0.29, 0.717) is 12.1 Å². The van der Waals surface area contributed by atoms with Crippen molar-refractivity contribution >= 4 is 11.6 Å². The van der Waals surface area contributed by atoms with E-state index < -0.39 is 6.29 Å². The lowest BCUT2D eigenvalue weighted by atomic mass is 9.93. The van der Waals surface area contributed by atoms with Gasteiger partial charge in [0.2, 0.25) is 5.91 Å². The molecule has 0 saturated carbocycles. The summed E-state index contributed by atoms with van der Waals surface area (Å²) < 4.78 is 34.4. The molecule has 1 heterocycles. The van der Waals surface area contributed by atoms with Crippen LogP contribution < -0.4 is 14.8 Å². The summed E-state index contributed by atoms with van der Waals surface area (Å²) in [7, 11) is 0. The Hall–Kier alpha value is -2.11. The van der Waals surface area contributed by atoms with E-state index in [2.05, 4.69) is 14.8 Å². The van der Waals surface area contributed by atoms with Crippen LogP contribution in [0.25, 0.3) is 0 Å². The van der Waals surface area contributed by atoms with Gasteiger partial charge in [0.1, 0.15) is 0 Å². The van der Waals surface area contributed by atoms with Crippen molar-refractivity contribution in [1.82, 2.24) is 0 Å². The highest BCUT2D eigenvalue weighted by Gasteiger charge is 2.43. The van der Waals surface area contributed by atoms with Gasteiger partial charge in [-0.15, -0.1) is 8.78 Å². The number of fused-ring (bicyclic) bond motifs is 1. The Bertz CT molecular complexity index is 572. The van der Waals surface area contributed by atoms with E-state index in [1.807, 2.05) is 12.2 Å². The van der Waals surface area contributed by atoms with Crippen molar-refractivity contribution in [3.63, 3.8) is 0 Å². The van der Waals surface area contributed by atoms with Crippen LogP contribution in [0.2, 0.25) is 0 Å². The first kappa shape index (κ1) is 12.9. The molecule has 1 N–H and O–H groups in total. The summed E-state index contributed by atoms with van der Waals surface area (Å²) >= 11 is 0. The van der Waals surface area contributed by atoms with Gasteiger partial charge in [-0.25, -0.2) is 0 Å². The third-order valence-electron chi connectivity index (χ3n) is 3.31. The maximum Gasteiger partial charge on any atom is 0.586 e. The quantitative estimate of drug-likeness (QED) is 0.846. The van der Waals surface area contributed by atoms with Gasteiger partial charge in [0, 0.05) is 17.7 Å². The van der Waals surface area contributed by atoms with Crippen molar-refractivity contribution in [3.8, 4) is 11.5 Å². The topological polar surface area (TPSA) is 47.6 Å². The summed E-state index contributed by atoms with van der Waals surface area (Å²) in [6.45, 7) is 0. The molecule has 0 saturated heterocycles. The van der Waals surface area contributed by atoms with E-state index in [0.717, 1.165) is 12.8 Å². The molecule has 0 fully saturated rings. The van der Waals surface area contributed by atoms with Crippen molar-refractivity contribution in [1.29, 1.82) is 0 Å². The molecule has 0 bridgehead atoms. The summed E-state index contributed by atoms with van der Waals surface area (Å²) in [5, 5.41) is 2.72. The van der Waals surface area contributed by atoms with Gasteiger partial charge in [0.15, 0.2) is 11.5 Å². The maximum absolute atomic E-state index is 12.9. The molecule has 1 aromatic carbocycles. The van der Waals surface area contributed by atoms with Crippen molar-refractivity contribution in [3.05, 3.63) is 30.4 Å². The second kappa shape index (κ2) is 4.77. The van der Waals surface area contributed by atoms with Gasteiger partial charge in [-0.2, -0.15) is 0 Å². The minimum absolute atomic E-state index is 0.0337. The van der Waals surface area contributed by atoms with Gasteiger partial charge < -0.3 is 14.8 Å². The molecule has 3 rings (SSSR count). The molecule has 0 aromatic heterocycles. The number of hydrogen-bond acceptors (Lipinski definition) is 3. The van der Waals surface area contributed by atoms with Crippen LogP contribution in [0.5, 0.6) is 11.5 Å². The number of benzene rings is 1. The van der Waals surface area contributed by atoms with Crippen LogP contribution in [0.4, 0.5) is 14.5 Å². The van der Waals surface area contributed by atoms with Crippen molar-refractivity contribution in [2.75, 3.05) is 5.32 Å². The number of rotatable bonds is 2. The molecule has 106 valence electrons. The fraction of sp³-hybridized carbons (Fsp3) is 0.357. The van der Waals surface area contributed by atoms with Gasteiger partial charge in [0.05, 0.1) is 0 Å². The van der Waals surface area contributed by atoms with E-state index >= 15 is 0 Å². The summed E-state index contributed by atoms with van der Waals surface area (Å²) in [5.74, 6) is -0.295. The van der Waals surface area contributed by atoms with Crippen LogP contribution in [-0.2, 0) is 4.79 Å². The number of nitrogens with one attached hydrogen (secondary N) is 1. The first-order chi connectivity index (χ1) is 9.53. The molecule has 2 aliphatic rings. The molecule has 4 nitrogen and oxygen atoms in total. The van der Waals surface area contributed by atoms with Gasteiger partial charge >= 0.3 is 6.29 Å². The fourth-order valence-corrected chi connectivity index (χ4v) is 2.30. The summed E-state index contributed by atoms with van der Waals surface area (Å²) in [6, 6.07) is 4.21. The minimum atomic E-state index is -3.64. The standard InChI is InChI=1S/C14H13F2NO3/c15-14(16)19-11-7-6-10(8-12(11)20-14)17-13(18)9-4-2-1-3-5-9/h1-2,6-9H,3-5H2,(H,17,18)/t9-/m0/s1. The average Bonchev–Trinajstić information content (AvgIpc) is 2.73. The second-order valence-corrected chi connectivity index (χ2v) is 4.80. The van der Waals surface area contributed by atoms with Gasteiger partial charge in [0.25, 0.3) is 0 Å². The van der Waals surface area contributed by atoms with Crippen LogP contribution in [0.15, 0.2) is 30.4 Å². The van der Waals surface area contributed by atoms with Gasteiger partial charge in [-0.3, -0.25) is 4.79 Å². The Balaban J connectivity index is 1.70. The highest BCUT2D eigenvalue weighted by atomic mass is 19.3. The molecule has 1 aromatic rings. The number of carbonyl (C=O) groups excluding carboxylic acids is 1. The molecule has 1 amide bonds. The second-order valence-electron chi connectivity index (χ2n) is 4.80. The Morgan fingerprint density at radius 1 is 1.25 bits per heavy atom. The minimum Gasteiger partial charge on any atom is -0.395 e. The van der Waals surface area contributed by atoms with E-state index in [-0.39, 0.29) is 23.3 Å². The lowest BCUT2D eigenvalue weighted by molar-refractivity contribution is -0.286. The monoisotopic (exact) mass is 281 g/mol. The molecule has 1 aliphatic heterocycles. The van der Waals surface area contributed by atoms with E-state index in [1.165, 1.54) is 18.2 Å². The van der Waals surface area contributed by atoms with Crippen LogP contribution >= 0.6 is 0 Å². The number of allylic oxidation sites excluding steroid dienone is 2. The Kier molecular flexibility index (Phi) is 3.08. The van der Waals surface area contributed by atoms with Crippen LogP contribution in [0.3, 0.4) is 0 Å².